The van der Waals surface area contributed by atoms with Crippen LogP contribution in [0.1, 0.15) is 19.8 Å². The monoisotopic (exact) mass is 394 g/mol. The molecule has 0 bridgehead atoms. The Bertz CT molecular complexity index is 759. The number of carbonyl (C=O) groups excluding carboxylic acids is 1. The molecule has 140 valence electrons. The number of nitrogens with zero attached hydrogens (tertiary/aromatic N) is 1. The largest absolute Gasteiger partial charge is 0.496 e. The first-order valence-corrected chi connectivity index (χ1v) is 8.91. The van der Waals surface area contributed by atoms with Crippen LogP contribution in [0.3, 0.4) is 0 Å². The molecule has 6 heteroatoms. The lowest BCUT2D eigenvalue weighted by Crippen LogP contribution is -2.41. The molecule has 26 heavy (non-hydrogen) atoms. The lowest BCUT2D eigenvalue weighted by atomic mass is 10.00. The summed E-state index contributed by atoms with van der Waals surface area (Å²) in [4.78, 5) is 13.4. The lowest BCUT2D eigenvalue weighted by Gasteiger charge is -2.32. The SMILES string of the molecule is COc1ccc(Cl)cc1-c1ccccc1NC1CCN(C(C)=O)CC1.Cl. The predicted octanol–water partition coefficient (Wildman–Crippen LogP) is 4.86. The molecular formula is C20H24Cl2N2O2. The van der Waals surface area contributed by atoms with Gasteiger partial charge in [-0.05, 0) is 37.1 Å². The molecule has 2 aromatic carbocycles. The molecule has 1 amide bonds. The molecule has 0 spiro atoms. The number of hydrogen-bond donors (Lipinski definition) is 1. The average Bonchev–Trinajstić information content (AvgIpc) is 2.62. The zero-order valence-electron chi connectivity index (χ0n) is 15.0. The summed E-state index contributed by atoms with van der Waals surface area (Å²) in [5.74, 6) is 0.951. The highest BCUT2D eigenvalue weighted by atomic mass is 35.5. The molecule has 0 saturated carbocycles. The number of piperidine rings is 1. The van der Waals surface area contributed by atoms with Gasteiger partial charge in [-0.1, -0.05) is 29.8 Å². The van der Waals surface area contributed by atoms with Crippen LogP contribution in [0.2, 0.25) is 5.02 Å². The third-order valence-corrected chi connectivity index (χ3v) is 4.91. The number of rotatable bonds is 4. The van der Waals surface area contributed by atoms with Crippen molar-refractivity contribution in [3.8, 4) is 16.9 Å². The molecular weight excluding hydrogens is 371 g/mol. The van der Waals surface area contributed by atoms with Gasteiger partial charge in [-0.15, -0.1) is 12.4 Å². The quantitative estimate of drug-likeness (QED) is 0.804. The van der Waals surface area contributed by atoms with Crippen LogP contribution < -0.4 is 10.1 Å². The fraction of sp³-hybridized carbons (Fsp3) is 0.350. The first-order valence-electron chi connectivity index (χ1n) is 8.53. The van der Waals surface area contributed by atoms with Crippen molar-refractivity contribution in [1.29, 1.82) is 0 Å². The topological polar surface area (TPSA) is 41.6 Å². The van der Waals surface area contributed by atoms with Crippen LogP contribution in [-0.2, 0) is 4.79 Å². The fourth-order valence-corrected chi connectivity index (χ4v) is 3.47. The van der Waals surface area contributed by atoms with E-state index in [9.17, 15) is 4.79 Å². The van der Waals surface area contributed by atoms with Crippen molar-refractivity contribution in [2.75, 3.05) is 25.5 Å². The minimum atomic E-state index is 0. The molecule has 2 aromatic rings. The highest BCUT2D eigenvalue weighted by molar-refractivity contribution is 6.31. The second-order valence-electron chi connectivity index (χ2n) is 6.31. The number of carbonyl (C=O) groups is 1. The third-order valence-electron chi connectivity index (χ3n) is 4.68. The Labute approximate surface area is 165 Å². The van der Waals surface area contributed by atoms with E-state index in [1.54, 1.807) is 14.0 Å². The Hall–Kier alpha value is -1.91. The maximum absolute atomic E-state index is 11.5. The van der Waals surface area contributed by atoms with Crippen molar-refractivity contribution in [3.63, 3.8) is 0 Å². The predicted molar refractivity (Wildman–Crippen MR) is 110 cm³/mol. The summed E-state index contributed by atoms with van der Waals surface area (Å²) in [7, 11) is 1.67. The van der Waals surface area contributed by atoms with Crippen LogP contribution in [0.4, 0.5) is 5.69 Å². The number of ether oxygens (including phenoxy) is 1. The number of amides is 1. The second-order valence-corrected chi connectivity index (χ2v) is 6.75. The van der Waals surface area contributed by atoms with Gasteiger partial charge in [0.2, 0.25) is 5.91 Å². The molecule has 1 saturated heterocycles. The Morgan fingerprint density at radius 2 is 1.85 bits per heavy atom. The summed E-state index contributed by atoms with van der Waals surface area (Å²) in [6.07, 6.45) is 1.89. The Kier molecular flexibility index (Phi) is 7.18. The van der Waals surface area contributed by atoms with Crippen LogP contribution in [0.5, 0.6) is 5.75 Å². The van der Waals surface area contributed by atoms with Crippen molar-refractivity contribution in [2.45, 2.75) is 25.8 Å². The number of halogens is 2. The summed E-state index contributed by atoms with van der Waals surface area (Å²) < 4.78 is 5.51. The van der Waals surface area contributed by atoms with Gasteiger partial charge >= 0.3 is 0 Å². The number of likely N-dealkylation sites (tertiary alicyclic amines) is 1. The highest BCUT2D eigenvalue weighted by Gasteiger charge is 2.21. The normalized spacial score (nSPS) is 14.5. The van der Waals surface area contributed by atoms with E-state index in [0.29, 0.717) is 11.1 Å². The maximum Gasteiger partial charge on any atom is 0.219 e. The number of hydrogen-bond acceptors (Lipinski definition) is 3. The van der Waals surface area contributed by atoms with Gasteiger partial charge in [-0.3, -0.25) is 4.79 Å². The minimum absolute atomic E-state index is 0. The number of para-hydroxylation sites is 1. The van der Waals surface area contributed by atoms with E-state index in [-0.39, 0.29) is 18.3 Å². The lowest BCUT2D eigenvalue weighted by molar-refractivity contribution is -0.129. The molecule has 4 nitrogen and oxygen atoms in total. The Balaban J connectivity index is 0.00000243. The molecule has 0 unspecified atom stereocenters. The molecule has 0 aromatic heterocycles. The average molecular weight is 395 g/mol. The summed E-state index contributed by atoms with van der Waals surface area (Å²) in [6.45, 7) is 3.24. The minimum Gasteiger partial charge on any atom is -0.496 e. The standard InChI is InChI=1S/C20H23ClN2O2.ClH/c1-14(24)23-11-9-16(10-12-23)22-19-6-4-3-5-17(19)18-13-15(21)7-8-20(18)25-2;/h3-8,13,16,22H,9-12H2,1-2H3;1H. The van der Waals surface area contributed by atoms with E-state index in [4.69, 9.17) is 16.3 Å². The van der Waals surface area contributed by atoms with Crippen molar-refractivity contribution in [1.82, 2.24) is 4.90 Å². The zero-order valence-corrected chi connectivity index (χ0v) is 16.6. The van der Waals surface area contributed by atoms with Gasteiger partial charge in [-0.2, -0.15) is 0 Å². The Morgan fingerprint density at radius 3 is 2.50 bits per heavy atom. The van der Waals surface area contributed by atoms with E-state index < -0.39 is 0 Å². The maximum atomic E-state index is 11.5. The van der Waals surface area contributed by atoms with E-state index in [1.807, 2.05) is 35.2 Å². The first kappa shape index (κ1) is 20.4. The van der Waals surface area contributed by atoms with Crippen molar-refractivity contribution >= 4 is 35.6 Å². The number of anilines is 1. The summed E-state index contributed by atoms with van der Waals surface area (Å²) >= 11 is 6.20. The number of methoxy groups -OCH3 is 1. The zero-order chi connectivity index (χ0) is 17.8. The molecule has 1 fully saturated rings. The third kappa shape index (κ3) is 4.63. The van der Waals surface area contributed by atoms with Gasteiger partial charge in [0.25, 0.3) is 0 Å². The molecule has 1 aliphatic rings. The van der Waals surface area contributed by atoms with Crippen LogP contribution in [0, 0.1) is 0 Å². The molecule has 0 radical (unpaired) electrons. The van der Waals surface area contributed by atoms with Crippen molar-refractivity contribution < 1.29 is 9.53 Å². The number of benzene rings is 2. The molecule has 1 heterocycles. The molecule has 1 N–H and O–H groups in total. The van der Waals surface area contributed by atoms with E-state index in [0.717, 1.165) is 48.5 Å². The van der Waals surface area contributed by atoms with Crippen molar-refractivity contribution in [3.05, 3.63) is 47.5 Å². The fourth-order valence-electron chi connectivity index (χ4n) is 3.29. The van der Waals surface area contributed by atoms with Gasteiger partial charge in [0, 0.05) is 47.9 Å². The molecule has 3 rings (SSSR count). The van der Waals surface area contributed by atoms with E-state index >= 15 is 0 Å². The molecule has 1 aliphatic heterocycles. The van der Waals surface area contributed by atoms with Gasteiger partial charge < -0.3 is 15.0 Å². The van der Waals surface area contributed by atoms with Crippen LogP contribution in [-0.4, -0.2) is 37.0 Å². The second kappa shape index (κ2) is 9.15. The van der Waals surface area contributed by atoms with Crippen molar-refractivity contribution in [2.24, 2.45) is 0 Å². The summed E-state index contributed by atoms with van der Waals surface area (Å²) in [5, 5.41) is 4.32. The Morgan fingerprint density at radius 1 is 1.15 bits per heavy atom. The molecule has 0 atom stereocenters. The van der Waals surface area contributed by atoms with E-state index in [2.05, 4.69) is 17.4 Å². The van der Waals surface area contributed by atoms with Crippen LogP contribution >= 0.6 is 24.0 Å². The number of nitrogens with one attached hydrogen (secondary N) is 1. The van der Waals surface area contributed by atoms with E-state index in [1.165, 1.54) is 0 Å². The van der Waals surface area contributed by atoms with Gasteiger partial charge in [0.1, 0.15) is 5.75 Å². The van der Waals surface area contributed by atoms with Crippen LogP contribution in [0.25, 0.3) is 11.1 Å². The summed E-state index contributed by atoms with van der Waals surface area (Å²) in [5.41, 5.74) is 3.10. The van der Waals surface area contributed by atoms with Gasteiger partial charge in [-0.25, -0.2) is 0 Å². The summed E-state index contributed by atoms with van der Waals surface area (Å²) in [6, 6.07) is 14.2. The smallest absolute Gasteiger partial charge is 0.219 e. The molecule has 0 aliphatic carbocycles. The van der Waals surface area contributed by atoms with Crippen LogP contribution in [0.15, 0.2) is 42.5 Å². The van der Waals surface area contributed by atoms with Gasteiger partial charge in [0.15, 0.2) is 0 Å². The first-order chi connectivity index (χ1) is 12.1. The van der Waals surface area contributed by atoms with Gasteiger partial charge in [0.05, 0.1) is 7.11 Å². The highest BCUT2D eigenvalue weighted by Crippen LogP contribution is 2.37.